The molecule has 1 heterocycles. The van der Waals surface area contributed by atoms with Gasteiger partial charge in [-0.2, -0.15) is 0 Å². The highest BCUT2D eigenvalue weighted by atomic mass is 16.4. The van der Waals surface area contributed by atoms with Crippen molar-refractivity contribution in [3.63, 3.8) is 0 Å². The molecular formula is C15H22N2O4. The zero-order chi connectivity index (χ0) is 15.6. The Kier molecular flexibility index (Phi) is 4.65. The summed E-state index contributed by atoms with van der Waals surface area (Å²) in [5, 5.41) is 12.0. The molecule has 0 aromatic rings. The van der Waals surface area contributed by atoms with Gasteiger partial charge in [0.1, 0.15) is 0 Å². The first-order valence-corrected chi connectivity index (χ1v) is 7.40. The molecule has 1 saturated heterocycles. The fraction of sp³-hybridized carbons (Fsp3) is 0.667. The molecule has 2 aliphatic rings. The van der Waals surface area contributed by atoms with Crippen molar-refractivity contribution in [2.75, 3.05) is 13.1 Å². The monoisotopic (exact) mass is 294 g/mol. The SMILES string of the molecule is CC(C(=O)O)=C(C)C(=O)N1CCC(NC(=O)C2CC2)CC1. The highest BCUT2D eigenvalue weighted by Crippen LogP contribution is 2.29. The van der Waals surface area contributed by atoms with Crippen LogP contribution in [0.15, 0.2) is 11.1 Å². The van der Waals surface area contributed by atoms with Crippen LogP contribution in [0.4, 0.5) is 0 Å². The number of carbonyl (C=O) groups is 3. The summed E-state index contributed by atoms with van der Waals surface area (Å²) >= 11 is 0. The lowest BCUT2D eigenvalue weighted by atomic mass is 10.0. The molecule has 6 nitrogen and oxygen atoms in total. The van der Waals surface area contributed by atoms with Gasteiger partial charge in [0.15, 0.2) is 0 Å². The third-order valence-corrected chi connectivity index (χ3v) is 4.28. The van der Waals surface area contributed by atoms with Crippen LogP contribution in [0, 0.1) is 5.92 Å². The lowest BCUT2D eigenvalue weighted by Crippen LogP contribution is -2.47. The molecule has 1 aliphatic heterocycles. The second-order valence-electron chi connectivity index (χ2n) is 5.90. The van der Waals surface area contributed by atoms with Gasteiger partial charge in [-0.1, -0.05) is 0 Å². The van der Waals surface area contributed by atoms with Gasteiger partial charge in [0.05, 0.1) is 0 Å². The van der Waals surface area contributed by atoms with E-state index in [0.29, 0.717) is 13.1 Å². The molecule has 2 rings (SSSR count). The second kappa shape index (κ2) is 6.28. The maximum Gasteiger partial charge on any atom is 0.331 e. The van der Waals surface area contributed by atoms with Crippen LogP contribution in [0.2, 0.25) is 0 Å². The number of nitrogens with one attached hydrogen (secondary N) is 1. The number of rotatable bonds is 4. The van der Waals surface area contributed by atoms with Gasteiger partial charge in [-0.25, -0.2) is 4.79 Å². The predicted octanol–water partition coefficient (Wildman–Crippen LogP) is 0.925. The van der Waals surface area contributed by atoms with Gasteiger partial charge in [0, 0.05) is 36.2 Å². The van der Waals surface area contributed by atoms with E-state index in [2.05, 4.69) is 5.32 Å². The Bertz CT molecular complexity index is 486. The van der Waals surface area contributed by atoms with Crippen molar-refractivity contribution in [1.82, 2.24) is 10.2 Å². The average Bonchev–Trinajstić information content (AvgIpc) is 3.30. The minimum atomic E-state index is -1.06. The summed E-state index contributed by atoms with van der Waals surface area (Å²) in [5.74, 6) is -0.945. The highest BCUT2D eigenvalue weighted by Gasteiger charge is 2.32. The topological polar surface area (TPSA) is 86.7 Å². The van der Waals surface area contributed by atoms with Gasteiger partial charge in [0.2, 0.25) is 11.8 Å². The Hall–Kier alpha value is -1.85. The van der Waals surface area contributed by atoms with Gasteiger partial charge in [-0.05, 0) is 39.5 Å². The summed E-state index contributed by atoms with van der Waals surface area (Å²) in [5.41, 5.74) is 0.368. The summed E-state index contributed by atoms with van der Waals surface area (Å²) in [6.07, 6.45) is 3.43. The third kappa shape index (κ3) is 3.83. The van der Waals surface area contributed by atoms with E-state index in [-0.39, 0.29) is 34.9 Å². The Labute approximate surface area is 124 Å². The molecule has 0 radical (unpaired) electrons. The first kappa shape index (κ1) is 15.5. The predicted molar refractivity (Wildman–Crippen MR) is 76.5 cm³/mol. The van der Waals surface area contributed by atoms with Gasteiger partial charge in [-0.3, -0.25) is 9.59 Å². The summed E-state index contributed by atoms with van der Waals surface area (Å²) < 4.78 is 0. The third-order valence-electron chi connectivity index (χ3n) is 4.28. The van der Waals surface area contributed by atoms with Gasteiger partial charge < -0.3 is 15.3 Å². The number of carboxylic acid groups (broad SMARTS) is 1. The Balaban J connectivity index is 1.85. The number of hydrogen-bond acceptors (Lipinski definition) is 3. The molecule has 0 aromatic heterocycles. The maximum atomic E-state index is 12.2. The summed E-state index contributed by atoms with van der Waals surface area (Å²) in [6, 6.07) is 0.131. The molecule has 0 bridgehead atoms. The average molecular weight is 294 g/mol. The van der Waals surface area contributed by atoms with Crippen LogP contribution < -0.4 is 5.32 Å². The molecule has 2 amide bonds. The normalized spacial score (nSPS) is 20.8. The van der Waals surface area contributed by atoms with Crippen molar-refractivity contribution in [3.8, 4) is 0 Å². The molecule has 1 saturated carbocycles. The van der Waals surface area contributed by atoms with Crippen molar-refractivity contribution >= 4 is 17.8 Å². The minimum Gasteiger partial charge on any atom is -0.478 e. The standard InChI is InChI=1S/C15H22N2O4/c1-9(10(2)15(20)21)14(19)17-7-5-12(6-8-17)16-13(18)11-3-4-11/h11-12H,3-8H2,1-2H3,(H,16,18)(H,20,21). The van der Waals surface area contributed by atoms with Crippen molar-refractivity contribution in [3.05, 3.63) is 11.1 Å². The Morgan fingerprint density at radius 2 is 1.57 bits per heavy atom. The number of piperidine rings is 1. The number of amides is 2. The van der Waals surface area contributed by atoms with E-state index in [1.165, 1.54) is 6.92 Å². The number of aliphatic carboxylic acids is 1. The highest BCUT2D eigenvalue weighted by molar-refractivity contribution is 6.01. The van der Waals surface area contributed by atoms with E-state index in [1.807, 2.05) is 0 Å². The molecule has 0 spiro atoms. The molecular weight excluding hydrogens is 272 g/mol. The summed E-state index contributed by atoms with van der Waals surface area (Å²) in [4.78, 5) is 36.5. The molecule has 116 valence electrons. The Morgan fingerprint density at radius 3 is 2.05 bits per heavy atom. The number of carbonyl (C=O) groups excluding carboxylic acids is 2. The molecule has 2 N–H and O–H groups in total. The number of hydrogen-bond donors (Lipinski definition) is 2. The van der Waals surface area contributed by atoms with Crippen LogP contribution in [0.1, 0.15) is 39.5 Å². The lowest BCUT2D eigenvalue weighted by Gasteiger charge is -2.32. The first-order chi connectivity index (χ1) is 9.90. The van der Waals surface area contributed by atoms with Crippen LogP contribution in [0.3, 0.4) is 0 Å². The lowest BCUT2D eigenvalue weighted by molar-refractivity contribution is -0.134. The van der Waals surface area contributed by atoms with Crippen molar-refractivity contribution in [2.24, 2.45) is 5.92 Å². The molecule has 0 aromatic carbocycles. The molecule has 0 unspecified atom stereocenters. The van der Waals surface area contributed by atoms with E-state index in [0.717, 1.165) is 25.7 Å². The maximum absolute atomic E-state index is 12.2. The number of nitrogens with zero attached hydrogens (tertiary/aromatic N) is 1. The van der Waals surface area contributed by atoms with E-state index in [4.69, 9.17) is 5.11 Å². The van der Waals surface area contributed by atoms with Crippen LogP contribution in [-0.2, 0) is 14.4 Å². The zero-order valence-electron chi connectivity index (χ0n) is 12.5. The molecule has 21 heavy (non-hydrogen) atoms. The van der Waals surface area contributed by atoms with Crippen molar-refractivity contribution < 1.29 is 19.5 Å². The van der Waals surface area contributed by atoms with E-state index in [9.17, 15) is 14.4 Å². The minimum absolute atomic E-state index is 0.0872. The van der Waals surface area contributed by atoms with Gasteiger partial charge in [-0.15, -0.1) is 0 Å². The zero-order valence-corrected chi connectivity index (χ0v) is 12.5. The van der Waals surface area contributed by atoms with E-state index in [1.54, 1.807) is 11.8 Å². The van der Waals surface area contributed by atoms with Crippen LogP contribution in [0.5, 0.6) is 0 Å². The van der Waals surface area contributed by atoms with Crippen LogP contribution in [-0.4, -0.2) is 46.9 Å². The Morgan fingerprint density at radius 1 is 1.00 bits per heavy atom. The van der Waals surface area contributed by atoms with Crippen molar-refractivity contribution in [1.29, 1.82) is 0 Å². The molecule has 2 fully saturated rings. The fourth-order valence-electron chi connectivity index (χ4n) is 2.45. The fourth-order valence-corrected chi connectivity index (χ4v) is 2.45. The largest absolute Gasteiger partial charge is 0.478 e. The molecule has 1 aliphatic carbocycles. The first-order valence-electron chi connectivity index (χ1n) is 7.40. The molecule has 6 heteroatoms. The number of likely N-dealkylation sites (tertiary alicyclic amines) is 1. The smallest absolute Gasteiger partial charge is 0.331 e. The van der Waals surface area contributed by atoms with E-state index < -0.39 is 5.97 Å². The van der Waals surface area contributed by atoms with Crippen molar-refractivity contribution in [2.45, 2.75) is 45.6 Å². The van der Waals surface area contributed by atoms with Gasteiger partial charge >= 0.3 is 5.97 Å². The quantitative estimate of drug-likeness (QED) is 0.755. The van der Waals surface area contributed by atoms with Crippen LogP contribution in [0.25, 0.3) is 0 Å². The van der Waals surface area contributed by atoms with Gasteiger partial charge in [0.25, 0.3) is 0 Å². The summed E-state index contributed by atoms with van der Waals surface area (Å²) in [7, 11) is 0. The molecule has 0 atom stereocenters. The van der Waals surface area contributed by atoms with Crippen LogP contribution >= 0.6 is 0 Å². The second-order valence-corrected chi connectivity index (χ2v) is 5.90. The van der Waals surface area contributed by atoms with E-state index >= 15 is 0 Å². The summed E-state index contributed by atoms with van der Waals surface area (Å²) in [6.45, 7) is 4.10. The number of carboxylic acids is 1.